The summed E-state index contributed by atoms with van der Waals surface area (Å²) in [5, 5.41) is 11.8. The minimum absolute atomic E-state index is 0.651. The van der Waals surface area contributed by atoms with Crippen molar-refractivity contribution in [2.24, 2.45) is 0 Å². The number of fused-ring (bicyclic) bond motifs is 13. The minimum atomic E-state index is 0.651. The first-order chi connectivity index (χ1) is 29.2. The second kappa shape index (κ2) is 12.2. The van der Waals surface area contributed by atoms with Crippen LogP contribution in [0.2, 0.25) is 0 Å². The quantitative estimate of drug-likeness (QED) is 0.180. The summed E-state index contributed by atoms with van der Waals surface area (Å²) in [6.07, 6.45) is 0. The molecule has 0 amide bonds. The number of hydrogen-bond acceptors (Lipinski definition) is 4. The summed E-state index contributed by atoms with van der Waals surface area (Å²) in [6, 6.07) is 66.2. The molecule has 0 saturated heterocycles. The first kappa shape index (κ1) is 32.1. The highest BCUT2D eigenvalue weighted by atomic mass is 16.3. The minimum Gasteiger partial charge on any atom is -0.456 e. The zero-order valence-electron chi connectivity index (χ0n) is 31.6. The van der Waals surface area contributed by atoms with E-state index in [1.165, 1.54) is 43.4 Å². The van der Waals surface area contributed by atoms with Crippen LogP contribution in [0.15, 0.2) is 197 Å². The van der Waals surface area contributed by atoms with E-state index in [0.29, 0.717) is 5.82 Å². The zero-order chi connectivity index (χ0) is 38.6. The third kappa shape index (κ3) is 4.85. The van der Waals surface area contributed by atoms with Crippen LogP contribution in [0.5, 0.6) is 0 Å². The third-order valence-corrected chi connectivity index (χ3v) is 12.0. The molecule has 0 aliphatic rings. The molecule has 274 valence electrons. The number of nitrogens with zero attached hydrogens (tertiary/aromatic N) is 3. The van der Waals surface area contributed by atoms with Crippen LogP contribution < -0.4 is 0 Å². The molecule has 5 nitrogen and oxygen atoms in total. The molecule has 59 heavy (non-hydrogen) atoms. The van der Waals surface area contributed by atoms with Gasteiger partial charge in [0.2, 0.25) is 0 Å². The lowest BCUT2D eigenvalue weighted by Gasteiger charge is -2.12. The van der Waals surface area contributed by atoms with Gasteiger partial charge >= 0.3 is 0 Å². The molecule has 13 aromatic rings. The Morgan fingerprint density at radius 2 is 0.780 bits per heavy atom. The molecule has 0 atom stereocenters. The number of hydrogen-bond donors (Lipinski definition) is 0. The molecule has 0 bridgehead atoms. The lowest BCUT2D eigenvalue weighted by molar-refractivity contribution is 0.668. The first-order valence-corrected chi connectivity index (χ1v) is 19.9. The molecule has 0 aliphatic heterocycles. The van der Waals surface area contributed by atoms with Gasteiger partial charge in [-0.2, -0.15) is 0 Å². The summed E-state index contributed by atoms with van der Waals surface area (Å²) >= 11 is 0. The molecule has 4 heterocycles. The fourth-order valence-electron chi connectivity index (χ4n) is 9.23. The van der Waals surface area contributed by atoms with Crippen molar-refractivity contribution < 1.29 is 8.83 Å². The SMILES string of the molecule is c1ccc2c(c1)ccc1c2c2c3ccccc3ccc2n1-c1ccc(-c2nc(-c3ccc4oc5ccccc5c4c3)cc(-c3ccc4oc5ccccc5c4c3)n2)cc1. The Bertz CT molecular complexity index is 3630. The van der Waals surface area contributed by atoms with Crippen LogP contribution >= 0.6 is 0 Å². The molecule has 0 saturated carbocycles. The number of furan rings is 2. The number of aromatic nitrogens is 3. The Labute approximate surface area is 337 Å². The van der Waals surface area contributed by atoms with Crippen molar-refractivity contribution in [1.29, 1.82) is 0 Å². The normalized spacial score (nSPS) is 12.1. The van der Waals surface area contributed by atoms with Crippen molar-refractivity contribution in [2.45, 2.75) is 0 Å². The number of benzene rings is 9. The zero-order valence-corrected chi connectivity index (χ0v) is 31.6. The topological polar surface area (TPSA) is 57.0 Å². The summed E-state index contributed by atoms with van der Waals surface area (Å²) in [7, 11) is 0. The van der Waals surface area contributed by atoms with Gasteiger partial charge in [0.05, 0.1) is 22.4 Å². The van der Waals surface area contributed by atoms with Gasteiger partial charge in [0.25, 0.3) is 0 Å². The molecule has 4 aromatic heterocycles. The van der Waals surface area contributed by atoms with Crippen molar-refractivity contribution in [3.63, 3.8) is 0 Å². The van der Waals surface area contributed by atoms with Crippen LogP contribution in [0.4, 0.5) is 0 Å². The maximum atomic E-state index is 6.19. The van der Waals surface area contributed by atoms with E-state index in [0.717, 1.165) is 77.6 Å². The van der Waals surface area contributed by atoms with Crippen LogP contribution in [0.25, 0.3) is 127 Å². The largest absolute Gasteiger partial charge is 0.456 e. The van der Waals surface area contributed by atoms with Crippen molar-refractivity contribution in [2.75, 3.05) is 0 Å². The van der Waals surface area contributed by atoms with Crippen molar-refractivity contribution in [3.05, 3.63) is 188 Å². The molecule has 13 rings (SSSR count). The van der Waals surface area contributed by atoms with Crippen LogP contribution in [-0.2, 0) is 0 Å². The van der Waals surface area contributed by atoms with Crippen molar-refractivity contribution in [1.82, 2.24) is 14.5 Å². The maximum absolute atomic E-state index is 6.19. The molecular weight excluding hydrogens is 723 g/mol. The lowest BCUT2D eigenvalue weighted by atomic mass is 10.00. The van der Waals surface area contributed by atoms with Crippen LogP contribution in [0.1, 0.15) is 0 Å². The number of rotatable bonds is 4. The second-order valence-electron chi connectivity index (χ2n) is 15.3. The average molecular weight is 754 g/mol. The summed E-state index contributed by atoms with van der Waals surface area (Å²) in [6.45, 7) is 0. The van der Waals surface area contributed by atoms with Gasteiger partial charge in [0.15, 0.2) is 5.82 Å². The Morgan fingerprint density at radius 3 is 1.31 bits per heavy atom. The Kier molecular flexibility index (Phi) is 6.66. The predicted molar refractivity (Wildman–Crippen MR) is 242 cm³/mol. The third-order valence-electron chi connectivity index (χ3n) is 12.0. The summed E-state index contributed by atoms with van der Waals surface area (Å²) < 4.78 is 14.8. The Balaban J connectivity index is 1.00. The van der Waals surface area contributed by atoms with Gasteiger partial charge in [0.1, 0.15) is 22.3 Å². The van der Waals surface area contributed by atoms with Crippen molar-refractivity contribution in [3.8, 4) is 39.6 Å². The molecule has 9 aromatic carbocycles. The summed E-state index contributed by atoms with van der Waals surface area (Å²) in [5.41, 5.74) is 11.4. The summed E-state index contributed by atoms with van der Waals surface area (Å²) in [4.78, 5) is 10.5. The van der Waals surface area contributed by atoms with Crippen LogP contribution in [-0.4, -0.2) is 14.5 Å². The molecule has 5 heteroatoms. The molecular formula is C54H31N3O2. The van der Waals surface area contributed by atoms with E-state index in [9.17, 15) is 0 Å². The van der Waals surface area contributed by atoms with E-state index in [4.69, 9.17) is 18.8 Å². The van der Waals surface area contributed by atoms with Crippen LogP contribution in [0, 0.1) is 0 Å². The standard InChI is InChI=1S/C54H31N3O2/c1-3-11-38-32(9-1)19-25-46-52(38)53-39-12-4-2-10-33(39)20-26-47(53)57(46)37-23-17-34(18-24-37)54-55-44(35-21-27-50-42(29-35)40-13-5-7-15-48(40)58-50)31-45(56-54)36-22-28-51-43(30-36)41-14-6-8-16-49(41)59-51/h1-31H. The van der Waals surface area contributed by atoms with Gasteiger partial charge in [0, 0.05) is 54.7 Å². The Morgan fingerprint density at radius 1 is 0.339 bits per heavy atom. The van der Waals surface area contributed by atoms with E-state index >= 15 is 0 Å². The van der Waals surface area contributed by atoms with Gasteiger partial charge < -0.3 is 13.4 Å². The molecule has 0 N–H and O–H groups in total. The summed E-state index contributed by atoms with van der Waals surface area (Å²) in [5.74, 6) is 0.651. The fraction of sp³-hybridized carbons (Fsp3) is 0. The average Bonchev–Trinajstić information content (AvgIpc) is 3.98. The molecule has 0 radical (unpaired) electrons. The van der Waals surface area contributed by atoms with E-state index < -0.39 is 0 Å². The van der Waals surface area contributed by atoms with Gasteiger partial charge in [-0.1, -0.05) is 97.1 Å². The maximum Gasteiger partial charge on any atom is 0.160 e. The van der Waals surface area contributed by atoms with E-state index in [1.807, 2.05) is 48.5 Å². The van der Waals surface area contributed by atoms with E-state index in [-0.39, 0.29) is 0 Å². The van der Waals surface area contributed by atoms with E-state index in [2.05, 4.69) is 144 Å². The second-order valence-corrected chi connectivity index (χ2v) is 15.3. The smallest absolute Gasteiger partial charge is 0.160 e. The molecule has 0 spiro atoms. The van der Waals surface area contributed by atoms with Crippen molar-refractivity contribution >= 4 is 87.2 Å². The highest BCUT2D eigenvalue weighted by Gasteiger charge is 2.19. The van der Waals surface area contributed by atoms with Gasteiger partial charge in [-0.25, -0.2) is 9.97 Å². The van der Waals surface area contributed by atoms with Gasteiger partial charge in [-0.3, -0.25) is 0 Å². The van der Waals surface area contributed by atoms with Gasteiger partial charge in [-0.05, 0) is 113 Å². The highest BCUT2D eigenvalue weighted by molar-refractivity contribution is 6.28. The fourth-order valence-corrected chi connectivity index (χ4v) is 9.23. The van der Waals surface area contributed by atoms with E-state index in [1.54, 1.807) is 0 Å². The predicted octanol–water partition coefficient (Wildman–Crippen LogP) is 14.7. The molecule has 0 fully saturated rings. The highest BCUT2D eigenvalue weighted by Crippen LogP contribution is 2.41. The lowest BCUT2D eigenvalue weighted by Crippen LogP contribution is -1.97. The monoisotopic (exact) mass is 753 g/mol. The first-order valence-electron chi connectivity index (χ1n) is 19.9. The molecule has 0 unspecified atom stereocenters. The van der Waals surface area contributed by atoms with Crippen LogP contribution in [0.3, 0.4) is 0 Å². The number of para-hydroxylation sites is 2. The Hall–Kier alpha value is -8.02. The molecule has 0 aliphatic carbocycles. The van der Waals surface area contributed by atoms with Gasteiger partial charge in [-0.15, -0.1) is 0 Å².